The van der Waals surface area contributed by atoms with Crippen LogP contribution in [-0.2, 0) is 4.43 Å². The van der Waals surface area contributed by atoms with Gasteiger partial charge in [0.15, 0.2) is 8.32 Å². The molecule has 0 heterocycles. The van der Waals surface area contributed by atoms with Crippen molar-refractivity contribution in [1.82, 2.24) is 0 Å². The molecule has 120 valence electrons. The average molecular weight is 323 g/mol. The molecule has 0 radical (unpaired) electrons. The lowest BCUT2D eigenvalue weighted by molar-refractivity contribution is 0.0696. The Morgan fingerprint density at radius 2 is 1.52 bits per heavy atom. The molecule has 0 aromatic rings. The van der Waals surface area contributed by atoms with Gasteiger partial charge in [0, 0.05) is 12.8 Å². The van der Waals surface area contributed by atoms with Crippen LogP contribution < -0.4 is 0 Å². The topological polar surface area (TPSA) is 9.23 Å². The molecule has 0 aromatic heterocycles. The Labute approximate surface area is 135 Å². The summed E-state index contributed by atoms with van der Waals surface area (Å²) in [4.78, 5) is 0. The molecule has 0 unspecified atom stereocenters. The van der Waals surface area contributed by atoms with E-state index in [-0.39, 0.29) is 10.6 Å². The van der Waals surface area contributed by atoms with E-state index in [1.807, 2.05) is 0 Å². The smallest absolute Gasteiger partial charge is 0.192 e. The first kappa shape index (κ1) is 20.5. The fraction of sp³-hybridized carbons (Fsp3) is 0.778. The predicted octanol–water partition coefficient (Wildman–Crippen LogP) is 5.45. The molecule has 0 aromatic carbocycles. The van der Waals surface area contributed by atoms with Crippen molar-refractivity contribution in [3.63, 3.8) is 0 Å². The van der Waals surface area contributed by atoms with Crippen LogP contribution in [0, 0.1) is 23.8 Å². The molecule has 0 saturated heterocycles. The molecular weight excluding hydrogens is 288 g/mol. The standard InChI is InChI=1S/C18H34OSi2/c1-11-12-14-18(5,15-13-16-20(6,7)8)19-21(9,10)17(2,3)4/h1H,12,14-15H2,2-10H3/t18-/m0/s1. The van der Waals surface area contributed by atoms with Crippen LogP contribution in [0.2, 0.25) is 37.8 Å². The summed E-state index contributed by atoms with van der Waals surface area (Å²) in [7, 11) is -3.14. The van der Waals surface area contributed by atoms with Crippen LogP contribution >= 0.6 is 0 Å². The van der Waals surface area contributed by atoms with Gasteiger partial charge in [0.05, 0.1) is 5.60 Å². The highest BCUT2D eigenvalue weighted by Crippen LogP contribution is 2.40. The van der Waals surface area contributed by atoms with Gasteiger partial charge in [0.25, 0.3) is 0 Å². The number of hydrogen-bond acceptors (Lipinski definition) is 1. The maximum atomic E-state index is 6.66. The highest BCUT2D eigenvalue weighted by atomic mass is 28.4. The van der Waals surface area contributed by atoms with E-state index in [9.17, 15) is 0 Å². The average Bonchev–Trinajstić information content (AvgIpc) is 2.22. The molecule has 3 heteroatoms. The van der Waals surface area contributed by atoms with Crippen molar-refractivity contribution in [2.45, 2.75) is 90.3 Å². The lowest BCUT2D eigenvalue weighted by Gasteiger charge is -2.43. The van der Waals surface area contributed by atoms with Crippen LogP contribution in [0.5, 0.6) is 0 Å². The zero-order valence-electron chi connectivity index (χ0n) is 15.6. The van der Waals surface area contributed by atoms with Crippen molar-refractivity contribution in [2.75, 3.05) is 0 Å². The van der Waals surface area contributed by atoms with Gasteiger partial charge in [-0.15, -0.1) is 23.8 Å². The number of rotatable bonds is 5. The maximum absolute atomic E-state index is 6.66. The summed E-state index contributed by atoms with van der Waals surface area (Å²) in [6, 6.07) is 0. The Kier molecular flexibility index (Phi) is 7.02. The molecule has 0 N–H and O–H groups in total. The molecule has 1 atom stereocenters. The maximum Gasteiger partial charge on any atom is 0.192 e. The third-order valence-electron chi connectivity index (χ3n) is 4.03. The zero-order chi connectivity index (χ0) is 16.9. The first-order valence-electron chi connectivity index (χ1n) is 7.86. The highest BCUT2D eigenvalue weighted by Gasteiger charge is 2.42. The minimum atomic E-state index is -1.81. The third kappa shape index (κ3) is 7.91. The van der Waals surface area contributed by atoms with E-state index < -0.39 is 16.4 Å². The Balaban J connectivity index is 5.17. The Hall–Kier alpha value is -0.486. The van der Waals surface area contributed by atoms with Crippen LogP contribution in [0.4, 0.5) is 0 Å². The summed E-state index contributed by atoms with van der Waals surface area (Å²) in [6.45, 7) is 20.4. The molecule has 0 spiro atoms. The third-order valence-corrected chi connectivity index (χ3v) is 9.57. The molecule has 0 aliphatic rings. The first-order valence-corrected chi connectivity index (χ1v) is 14.3. The molecule has 0 amide bonds. The van der Waals surface area contributed by atoms with Crippen LogP contribution in [0.25, 0.3) is 0 Å². The van der Waals surface area contributed by atoms with Gasteiger partial charge in [-0.1, -0.05) is 40.4 Å². The quantitative estimate of drug-likeness (QED) is 0.483. The largest absolute Gasteiger partial charge is 0.411 e. The van der Waals surface area contributed by atoms with Crippen molar-refractivity contribution in [3.05, 3.63) is 0 Å². The summed E-state index contributed by atoms with van der Waals surface area (Å²) >= 11 is 0. The molecule has 0 rings (SSSR count). The summed E-state index contributed by atoms with van der Waals surface area (Å²) in [5, 5.41) is 0.205. The van der Waals surface area contributed by atoms with Crippen LogP contribution in [0.1, 0.15) is 47.0 Å². The van der Waals surface area contributed by atoms with Crippen molar-refractivity contribution < 1.29 is 4.43 Å². The summed E-state index contributed by atoms with van der Waals surface area (Å²) in [6.07, 6.45) is 7.88. The lowest BCUT2D eigenvalue weighted by atomic mass is 9.97. The Morgan fingerprint density at radius 1 is 1.00 bits per heavy atom. The van der Waals surface area contributed by atoms with Gasteiger partial charge in [0.2, 0.25) is 0 Å². The first-order chi connectivity index (χ1) is 9.22. The minimum Gasteiger partial charge on any atom is -0.411 e. The second kappa shape index (κ2) is 7.18. The normalized spacial score (nSPS) is 15.6. The van der Waals surface area contributed by atoms with Crippen LogP contribution in [-0.4, -0.2) is 22.0 Å². The van der Waals surface area contributed by atoms with E-state index in [4.69, 9.17) is 10.8 Å². The Morgan fingerprint density at radius 3 is 1.90 bits per heavy atom. The van der Waals surface area contributed by atoms with E-state index in [1.54, 1.807) is 0 Å². The van der Waals surface area contributed by atoms with Crippen molar-refractivity contribution in [1.29, 1.82) is 0 Å². The molecule has 0 aliphatic heterocycles. The summed E-state index contributed by atoms with van der Waals surface area (Å²) < 4.78 is 6.66. The highest BCUT2D eigenvalue weighted by molar-refractivity contribution is 6.83. The predicted molar refractivity (Wildman–Crippen MR) is 100 cm³/mol. The molecule has 1 nitrogen and oxygen atoms in total. The van der Waals surface area contributed by atoms with E-state index in [2.05, 4.69) is 77.8 Å². The molecule has 0 saturated carbocycles. The molecule has 0 bridgehead atoms. The fourth-order valence-electron chi connectivity index (χ4n) is 1.78. The number of hydrogen-bond donors (Lipinski definition) is 0. The van der Waals surface area contributed by atoms with Gasteiger partial charge < -0.3 is 4.43 Å². The monoisotopic (exact) mass is 322 g/mol. The van der Waals surface area contributed by atoms with Gasteiger partial charge in [-0.3, -0.25) is 0 Å². The lowest BCUT2D eigenvalue weighted by Crippen LogP contribution is -2.48. The van der Waals surface area contributed by atoms with Crippen molar-refractivity contribution >= 4 is 16.4 Å². The summed E-state index contributed by atoms with van der Waals surface area (Å²) in [5.74, 6) is 6.14. The minimum absolute atomic E-state index is 0.205. The van der Waals surface area contributed by atoms with Gasteiger partial charge in [-0.25, -0.2) is 0 Å². The molecular formula is C18H34OSi2. The number of terminal acetylenes is 1. The van der Waals surface area contributed by atoms with E-state index >= 15 is 0 Å². The van der Waals surface area contributed by atoms with E-state index in [0.29, 0.717) is 0 Å². The molecule has 21 heavy (non-hydrogen) atoms. The Bertz CT molecular complexity index is 435. The summed E-state index contributed by atoms with van der Waals surface area (Å²) in [5.41, 5.74) is 3.23. The van der Waals surface area contributed by atoms with Gasteiger partial charge in [-0.05, 0) is 31.5 Å². The van der Waals surface area contributed by atoms with Gasteiger partial charge in [-0.2, -0.15) is 0 Å². The van der Waals surface area contributed by atoms with Gasteiger partial charge >= 0.3 is 0 Å². The van der Waals surface area contributed by atoms with Gasteiger partial charge in [0.1, 0.15) is 8.07 Å². The SMILES string of the molecule is C#CCC[C@@](C)(CC#C[Si](C)(C)C)O[Si](C)(C)C(C)(C)C. The second-order valence-electron chi connectivity index (χ2n) is 8.74. The van der Waals surface area contributed by atoms with Crippen LogP contribution in [0.3, 0.4) is 0 Å². The fourth-order valence-corrected chi connectivity index (χ4v) is 4.11. The second-order valence-corrected chi connectivity index (χ2v) is 18.2. The van der Waals surface area contributed by atoms with Crippen molar-refractivity contribution in [2.24, 2.45) is 0 Å². The molecule has 0 aliphatic carbocycles. The molecule has 0 fully saturated rings. The van der Waals surface area contributed by atoms with Crippen molar-refractivity contribution in [3.8, 4) is 23.8 Å². The van der Waals surface area contributed by atoms with Crippen LogP contribution in [0.15, 0.2) is 0 Å². The zero-order valence-corrected chi connectivity index (χ0v) is 17.6. The van der Waals surface area contributed by atoms with E-state index in [0.717, 1.165) is 19.3 Å². The van der Waals surface area contributed by atoms with E-state index in [1.165, 1.54) is 0 Å².